The number of benzene rings is 2. The quantitative estimate of drug-likeness (QED) is 0.579. The molecule has 2 atom stereocenters. The maximum absolute atomic E-state index is 12.1. The molecule has 1 amide bonds. The lowest BCUT2D eigenvalue weighted by atomic mass is 9.84. The largest absolute Gasteiger partial charge is 0.469 e. The van der Waals surface area contributed by atoms with Crippen molar-refractivity contribution in [2.75, 3.05) is 13.2 Å². The molecule has 0 bridgehead atoms. The molecular formula is C21H17N3O5. The molecule has 8 nitrogen and oxygen atoms in total. The number of nitriles is 1. The van der Waals surface area contributed by atoms with E-state index in [-0.39, 0.29) is 18.2 Å². The Labute approximate surface area is 166 Å². The van der Waals surface area contributed by atoms with Crippen molar-refractivity contribution >= 4 is 17.5 Å². The maximum atomic E-state index is 12.1. The maximum Gasteiger partial charge on any atom is 0.412 e. The Morgan fingerprint density at radius 3 is 2.45 bits per heavy atom. The number of carbonyl (C=O) groups is 1. The van der Waals surface area contributed by atoms with Gasteiger partial charge >= 0.3 is 6.09 Å². The van der Waals surface area contributed by atoms with Crippen molar-refractivity contribution < 1.29 is 19.2 Å². The number of rotatable bonds is 4. The Kier molecular flexibility index (Phi) is 4.87. The molecule has 1 saturated heterocycles. The van der Waals surface area contributed by atoms with Crippen LogP contribution in [0.25, 0.3) is 5.76 Å². The molecule has 0 aromatic heterocycles. The van der Waals surface area contributed by atoms with Crippen molar-refractivity contribution in [1.29, 1.82) is 5.26 Å². The van der Waals surface area contributed by atoms with Gasteiger partial charge in [-0.1, -0.05) is 42.5 Å². The summed E-state index contributed by atoms with van der Waals surface area (Å²) in [6, 6.07) is 17.6. The van der Waals surface area contributed by atoms with E-state index in [1.54, 1.807) is 12.1 Å². The van der Waals surface area contributed by atoms with Crippen LogP contribution in [-0.2, 0) is 9.47 Å². The van der Waals surface area contributed by atoms with Gasteiger partial charge < -0.3 is 9.47 Å². The Hall–Kier alpha value is -3.86. The number of hydrogen-bond donors (Lipinski definition) is 0. The summed E-state index contributed by atoms with van der Waals surface area (Å²) in [5.41, 5.74) is 1.88. The molecule has 2 aromatic rings. The molecule has 0 saturated carbocycles. The summed E-state index contributed by atoms with van der Waals surface area (Å²) in [7, 11) is 0. The Morgan fingerprint density at radius 2 is 1.86 bits per heavy atom. The number of ether oxygens (including phenoxy) is 2. The van der Waals surface area contributed by atoms with Gasteiger partial charge in [-0.25, -0.2) is 4.79 Å². The zero-order chi connectivity index (χ0) is 20.4. The van der Waals surface area contributed by atoms with Crippen molar-refractivity contribution in [3.05, 3.63) is 81.4 Å². The first kappa shape index (κ1) is 18.5. The van der Waals surface area contributed by atoms with E-state index >= 15 is 0 Å². The number of cyclic esters (lactones) is 1. The standard InChI is InChI=1S/C21H17N3O5/c22-13-18-17(14-6-8-16(9-7-14)24(26)27)12-19(23-10-11-28-21(23)25)29-20(18)15-4-2-1-3-5-15/h1-9,17,19H,10-12H2/t17-,19+/m0/s1. The van der Waals surface area contributed by atoms with Crippen molar-refractivity contribution in [2.45, 2.75) is 18.6 Å². The third-order valence-corrected chi connectivity index (χ3v) is 5.09. The Morgan fingerprint density at radius 1 is 1.14 bits per heavy atom. The van der Waals surface area contributed by atoms with Gasteiger partial charge in [0.05, 0.1) is 23.1 Å². The summed E-state index contributed by atoms with van der Waals surface area (Å²) in [5, 5.41) is 20.9. The highest BCUT2D eigenvalue weighted by molar-refractivity contribution is 5.72. The van der Waals surface area contributed by atoms with Crippen molar-refractivity contribution in [3.63, 3.8) is 0 Å². The number of non-ortho nitro benzene ring substituents is 1. The predicted molar refractivity (Wildman–Crippen MR) is 102 cm³/mol. The van der Waals surface area contributed by atoms with Gasteiger partial charge in [0, 0.05) is 30.0 Å². The minimum absolute atomic E-state index is 0.0220. The van der Waals surface area contributed by atoms with Crippen LogP contribution in [-0.4, -0.2) is 35.3 Å². The highest BCUT2D eigenvalue weighted by Gasteiger charge is 2.39. The number of nitrogens with zero attached hydrogens (tertiary/aromatic N) is 3. The minimum atomic E-state index is -0.600. The molecule has 0 unspecified atom stereocenters. The lowest BCUT2D eigenvalue weighted by Crippen LogP contribution is -2.41. The molecule has 8 heteroatoms. The van der Waals surface area contributed by atoms with Gasteiger partial charge in [-0.05, 0) is 5.56 Å². The molecule has 146 valence electrons. The molecule has 2 aliphatic rings. The fraction of sp³-hybridized carbons (Fsp3) is 0.238. The number of hydrogen-bond acceptors (Lipinski definition) is 6. The van der Waals surface area contributed by atoms with E-state index < -0.39 is 17.2 Å². The van der Waals surface area contributed by atoms with Gasteiger partial charge in [-0.3, -0.25) is 15.0 Å². The van der Waals surface area contributed by atoms with Gasteiger partial charge in [0.2, 0.25) is 0 Å². The number of allylic oxidation sites excluding steroid dienone is 1. The molecular weight excluding hydrogens is 374 g/mol. The smallest absolute Gasteiger partial charge is 0.412 e. The van der Waals surface area contributed by atoms with Crippen LogP contribution in [0.3, 0.4) is 0 Å². The molecule has 0 radical (unpaired) electrons. The van der Waals surface area contributed by atoms with E-state index in [2.05, 4.69) is 6.07 Å². The molecule has 0 aliphatic carbocycles. The second kappa shape index (κ2) is 7.64. The zero-order valence-electron chi connectivity index (χ0n) is 15.4. The topological polar surface area (TPSA) is 106 Å². The van der Waals surface area contributed by atoms with E-state index in [9.17, 15) is 20.2 Å². The summed E-state index contributed by atoms with van der Waals surface area (Å²) in [5.74, 6) is 0.0376. The third-order valence-electron chi connectivity index (χ3n) is 5.09. The summed E-state index contributed by atoms with van der Waals surface area (Å²) in [4.78, 5) is 24.1. The number of carbonyl (C=O) groups excluding carboxylic acids is 1. The van der Waals surface area contributed by atoms with E-state index in [1.165, 1.54) is 17.0 Å². The van der Waals surface area contributed by atoms with Crippen LogP contribution >= 0.6 is 0 Å². The van der Waals surface area contributed by atoms with Gasteiger partial charge in [0.15, 0.2) is 6.23 Å². The van der Waals surface area contributed by atoms with Crippen LogP contribution in [0.1, 0.15) is 23.5 Å². The molecule has 29 heavy (non-hydrogen) atoms. The summed E-state index contributed by atoms with van der Waals surface area (Å²) in [6.45, 7) is 0.691. The molecule has 4 rings (SSSR count). The summed E-state index contributed by atoms with van der Waals surface area (Å²) in [6.07, 6.45) is -0.700. The van der Waals surface area contributed by atoms with E-state index in [4.69, 9.17) is 9.47 Å². The fourth-order valence-electron chi connectivity index (χ4n) is 3.66. The zero-order valence-corrected chi connectivity index (χ0v) is 15.4. The summed E-state index contributed by atoms with van der Waals surface area (Å²) < 4.78 is 11.2. The Bertz CT molecular complexity index is 1010. The molecule has 2 heterocycles. The van der Waals surface area contributed by atoms with E-state index in [0.717, 1.165) is 11.1 Å². The second-order valence-electron chi connectivity index (χ2n) is 6.74. The third kappa shape index (κ3) is 3.50. The lowest BCUT2D eigenvalue weighted by molar-refractivity contribution is -0.384. The summed E-state index contributed by atoms with van der Waals surface area (Å²) >= 11 is 0. The van der Waals surface area contributed by atoms with E-state index in [0.29, 0.717) is 24.3 Å². The first-order chi connectivity index (χ1) is 14.1. The average molecular weight is 391 g/mol. The van der Waals surface area contributed by atoms with Crippen LogP contribution in [0.4, 0.5) is 10.5 Å². The first-order valence-electron chi connectivity index (χ1n) is 9.12. The second-order valence-corrected chi connectivity index (χ2v) is 6.74. The van der Waals surface area contributed by atoms with Gasteiger partial charge in [-0.15, -0.1) is 0 Å². The number of nitro benzene ring substituents is 1. The number of nitro groups is 1. The minimum Gasteiger partial charge on any atom is -0.469 e. The molecule has 1 fully saturated rings. The SMILES string of the molecule is N#CC1=C(c2ccccc2)O[C@@H](N2CCOC2=O)C[C@H]1c1ccc([N+](=O)[O-])cc1. The monoisotopic (exact) mass is 391 g/mol. The first-order valence-corrected chi connectivity index (χ1v) is 9.12. The molecule has 0 N–H and O–H groups in total. The van der Waals surface area contributed by atoms with Crippen LogP contribution in [0.15, 0.2) is 60.2 Å². The average Bonchev–Trinajstić information content (AvgIpc) is 3.19. The van der Waals surface area contributed by atoms with Crippen LogP contribution < -0.4 is 0 Å². The molecule has 0 spiro atoms. The van der Waals surface area contributed by atoms with Crippen molar-refractivity contribution in [2.24, 2.45) is 0 Å². The predicted octanol–water partition coefficient (Wildman–Crippen LogP) is 3.81. The van der Waals surface area contributed by atoms with Gasteiger partial charge in [0.25, 0.3) is 5.69 Å². The fourth-order valence-corrected chi connectivity index (χ4v) is 3.66. The Balaban J connectivity index is 1.79. The van der Waals surface area contributed by atoms with Crippen LogP contribution in [0.5, 0.6) is 0 Å². The number of amides is 1. The van der Waals surface area contributed by atoms with Crippen LogP contribution in [0.2, 0.25) is 0 Å². The van der Waals surface area contributed by atoms with Gasteiger partial charge in [-0.2, -0.15) is 5.26 Å². The van der Waals surface area contributed by atoms with Crippen molar-refractivity contribution in [3.8, 4) is 6.07 Å². The van der Waals surface area contributed by atoms with E-state index in [1.807, 2.05) is 30.3 Å². The molecule has 2 aliphatic heterocycles. The highest BCUT2D eigenvalue weighted by atomic mass is 16.6. The normalized spacial score (nSPS) is 21.3. The lowest BCUT2D eigenvalue weighted by Gasteiger charge is -2.35. The molecule has 2 aromatic carbocycles. The van der Waals surface area contributed by atoms with Crippen molar-refractivity contribution in [1.82, 2.24) is 4.90 Å². The van der Waals surface area contributed by atoms with Gasteiger partial charge in [0.1, 0.15) is 12.4 Å². The highest BCUT2D eigenvalue weighted by Crippen LogP contribution is 2.42. The van der Waals surface area contributed by atoms with Crippen LogP contribution in [0, 0.1) is 21.4 Å².